The van der Waals surface area contributed by atoms with E-state index in [4.69, 9.17) is 11.6 Å². The van der Waals surface area contributed by atoms with Crippen LogP contribution in [0.4, 0.5) is 23.2 Å². The fourth-order valence-electron chi connectivity index (χ4n) is 2.55. The third kappa shape index (κ3) is 3.32. The zero-order valence-corrected chi connectivity index (χ0v) is 13.6. The molecule has 3 rings (SSSR count). The highest BCUT2D eigenvalue weighted by Crippen LogP contribution is 2.45. The van der Waals surface area contributed by atoms with Gasteiger partial charge in [0.2, 0.25) is 0 Å². The Labute approximate surface area is 149 Å². The first kappa shape index (κ1) is 18.4. The number of fused-ring (bicyclic) bond motifs is 1. The number of hydrogen-bond donors (Lipinski definition) is 1. The number of nitrogens with zero attached hydrogens (tertiary/aromatic N) is 2. The number of carbonyl (C=O) groups is 1. The quantitative estimate of drug-likeness (QED) is 0.811. The van der Waals surface area contributed by atoms with Crippen molar-refractivity contribution in [3.63, 3.8) is 0 Å². The predicted octanol–water partition coefficient (Wildman–Crippen LogP) is 3.55. The van der Waals surface area contributed by atoms with E-state index in [9.17, 15) is 27.5 Å². The third-order valence-corrected chi connectivity index (χ3v) is 3.91. The fourth-order valence-corrected chi connectivity index (χ4v) is 2.75. The van der Waals surface area contributed by atoms with Crippen LogP contribution in [0, 0.1) is 0 Å². The highest BCUT2D eigenvalue weighted by molar-refractivity contribution is 6.30. The van der Waals surface area contributed by atoms with Crippen molar-refractivity contribution in [2.45, 2.75) is 25.2 Å². The number of aliphatic hydroxyl groups excluding tert-OH is 1. The van der Waals surface area contributed by atoms with Gasteiger partial charge in [-0.3, -0.25) is 14.7 Å². The number of alkyl halides is 4. The van der Waals surface area contributed by atoms with E-state index in [2.05, 4.69) is 9.72 Å². The van der Waals surface area contributed by atoms with Crippen LogP contribution in [-0.2, 0) is 11.3 Å². The maximum Gasteiger partial charge on any atom is 0.483 e. The van der Waals surface area contributed by atoms with Crippen molar-refractivity contribution in [2.24, 2.45) is 0 Å². The molecule has 1 atom stereocenters. The average molecular weight is 391 g/mol. The van der Waals surface area contributed by atoms with Crippen LogP contribution in [0.2, 0.25) is 5.02 Å². The number of pyridine rings is 1. The van der Waals surface area contributed by atoms with Gasteiger partial charge >= 0.3 is 12.0 Å². The molecule has 1 N–H and O–H groups in total. The Morgan fingerprint density at radius 2 is 2.04 bits per heavy atom. The van der Waals surface area contributed by atoms with Crippen molar-refractivity contribution in [1.29, 1.82) is 0 Å². The Bertz CT molecular complexity index is 850. The molecule has 0 unspecified atom stereocenters. The monoisotopic (exact) mass is 390 g/mol. The van der Waals surface area contributed by atoms with Crippen LogP contribution < -0.4 is 9.64 Å². The van der Waals surface area contributed by atoms with Gasteiger partial charge in [-0.05, 0) is 17.7 Å². The third-order valence-electron chi connectivity index (χ3n) is 3.70. The van der Waals surface area contributed by atoms with Gasteiger partial charge in [0.05, 0.1) is 17.3 Å². The first-order valence-electron chi connectivity index (χ1n) is 7.28. The Hall–Kier alpha value is -2.39. The van der Waals surface area contributed by atoms with Gasteiger partial charge in [0.1, 0.15) is 6.10 Å². The van der Waals surface area contributed by atoms with Crippen LogP contribution in [0.5, 0.6) is 5.75 Å². The fraction of sp³-hybridized carbons (Fsp3) is 0.250. The molecule has 0 aliphatic carbocycles. The summed E-state index contributed by atoms with van der Waals surface area (Å²) in [6.45, 7) is -0.341. The van der Waals surface area contributed by atoms with Gasteiger partial charge in [0.25, 0.3) is 6.43 Å². The van der Waals surface area contributed by atoms with Crippen LogP contribution in [0.15, 0.2) is 36.7 Å². The number of aromatic nitrogens is 1. The molecular formula is C16H11ClF4N2O3. The van der Waals surface area contributed by atoms with E-state index in [0.717, 1.165) is 6.07 Å². The predicted molar refractivity (Wildman–Crippen MR) is 83.4 cm³/mol. The lowest BCUT2D eigenvalue weighted by molar-refractivity contribution is -0.193. The van der Waals surface area contributed by atoms with E-state index in [-0.39, 0.29) is 17.3 Å². The van der Waals surface area contributed by atoms with Crippen LogP contribution in [0.3, 0.4) is 0 Å². The molecule has 0 radical (unpaired) electrons. The normalized spacial score (nSPS) is 17.0. The number of benzene rings is 1. The van der Waals surface area contributed by atoms with Gasteiger partial charge in [-0.25, -0.2) is 8.78 Å². The molecule has 1 aromatic heterocycles. The van der Waals surface area contributed by atoms with Crippen molar-refractivity contribution >= 4 is 23.2 Å². The zero-order chi connectivity index (χ0) is 19.1. The van der Waals surface area contributed by atoms with Crippen molar-refractivity contribution in [1.82, 2.24) is 4.98 Å². The molecule has 10 heteroatoms. The molecule has 2 aromatic rings. The highest BCUT2D eigenvalue weighted by Gasteiger charge is 2.51. The molecule has 1 aliphatic heterocycles. The maximum atomic E-state index is 14.0. The summed E-state index contributed by atoms with van der Waals surface area (Å²) in [5, 5.41) is 9.83. The Morgan fingerprint density at radius 3 is 2.69 bits per heavy atom. The number of amides is 1. The summed E-state index contributed by atoms with van der Waals surface area (Å²) >= 11 is 5.80. The maximum absolute atomic E-state index is 14.0. The number of hydrogen-bond acceptors (Lipinski definition) is 4. The standard InChI is InChI=1S/C16H11ClF4N2O3/c17-9-4-8(5-22-6-9)7-23-11-3-1-2-10(12(24)14(18)19)13(11)26-16(20,21)15(23)25/h1-6,12,14,24H,7H2/t12-/m0/s1. The summed E-state index contributed by atoms with van der Waals surface area (Å²) in [5.74, 6) is -2.35. The van der Waals surface area contributed by atoms with Crippen LogP contribution in [0.1, 0.15) is 17.2 Å². The molecular weight excluding hydrogens is 380 g/mol. The lowest BCUT2D eigenvalue weighted by Crippen LogP contribution is -2.50. The van der Waals surface area contributed by atoms with Crippen LogP contribution in [-0.4, -0.2) is 28.5 Å². The van der Waals surface area contributed by atoms with Gasteiger partial charge in [0, 0.05) is 18.0 Å². The number of halogens is 5. The molecule has 0 bridgehead atoms. The smallest absolute Gasteiger partial charge is 0.423 e. The van der Waals surface area contributed by atoms with E-state index >= 15 is 0 Å². The van der Waals surface area contributed by atoms with Crippen LogP contribution >= 0.6 is 11.6 Å². The molecule has 0 saturated heterocycles. The van der Waals surface area contributed by atoms with Crippen molar-refractivity contribution < 1.29 is 32.2 Å². The minimum atomic E-state index is -4.28. The van der Waals surface area contributed by atoms with Gasteiger partial charge in [0.15, 0.2) is 5.75 Å². The Morgan fingerprint density at radius 1 is 1.31 bits per heavy atom. The number of para-hydroxylation sites is 1. The highest BCUT2D eigenvalue weighted by atomic mass is 35.5. The van der Waals surface area contributed by atoms with E-state index < -0.39 is 35.9 Å². The SMILES string of the molecule is O=C1N(Cc2cncc(Cl)c2)c2cccc([C@H](O)C(F)F)c2OC1(F)F. The zero-order valence-electron chi connectivity index (χ0n) is 12.9. The molecule has 0 fully saturated rings. The van der Waals surface area contributed by atoms with Crippen LogP contribution in [0.25, 0.3) is 0 Å². The van der Waals surface area contributed by atoms with Gasteiger partial charge in [-0.1, -0.05) is 23.7 Å². The van der Waals surface area contributed by atoms with Gasteiger partial charge < -0.3 is 9.84 Å². The van der Waals surface area contributed by atoms with Gasteiger partial charge in [-0.2, -0.15) is 8.78 Å². The second-order valence-corrected chi connectivity index (χ2v) is 5.93. The number of ether oxygens (including phenoxy) is 1. The molecule has 1 aliphatic rings. The number of rotatable bonds is 4. The summed E-state index contributed by atoms with van der Waals surface area (Å²) in [6.07, 6.45) is -7.20. The molecule has 1 amide bonds. The van der Waals surface area contributed by atoms with Crippen molar-refractivity contribution in [2.75, 3.05) is 4.90 Å². The second-order valence-electron chi connectivity index (χ2n) is 5.50. The second kappa shape index (κ2) is 6.73. The molecule has 2 heterocycles. The molecule has 0 spiro atoms. The summed E-state index contributed by atoms with van der Waals surface area (Å²) in [4.78, 5) is 16.6. The number of aliphatic hydroxyl groups is 1. The minimum Gasteiger partial charge on any atom is -0.423 e. The summed E-state index contributed by atoms with van der Waals surface area (Å²) in [7, 11) is 0. The summed E-state index contributed by atoms with van der Waals surface area (Å²) in [6, 6.07) is 4.96. The topological polar surface area (TPSA) is 62.7 Å². The molecule has 5 nitrogen and oxygen atoms in total. The number of carbonyl (C=O) groups excluding carboxylic acids is 1. The first-order chi connectivity index (χ1) is 12.2. The lowest BCUT2D eigenvalue weighted by atomic mass is 10.0. The summed E-state index contributed by atoms with van der Waals surface area (Å²) < 4.78 is 58.1. The van der Waals surface area contributed by atoms with Crippen molar-refractivity contribution in [3.05, 3.63) is 52.8 Å². The van der Waals surface area contributed by atoms with Gasteiger partial charge in [-0.15, -0.1) is 0 Å². The molecule has 138 valence electrons. The van der Waals surface area contributed by atoms with E-state index in [1.165, 1.54) is 30.6 Å². The minimum absolute atomic E-state index is 0.168. The largest absolute Gasteiger partial charge is 0.483 e. The Balaban J connectivity index is 2.09. The first-order valence-corrected chi connectivity index (χ1v) is 7.66. The summed E-state index contributed by atoms with van der Waals surface area (Å²) in [5.41, 5.74) is -0.369. The van der Waals surface area contributed by atoms with Crippen molar-refractivity contribution in [3.8, 4) is 5.75 Å². The molecule has 0 saturated carbocycles. The lowest BCUT2D eigenvalue weighted by Gasteiger charge is -2.35. The van der Waals surface area contributed by atoms with E-state index in [1.807, 2.05) is 0 Å². The molecule has 26 heavy (non-hydrogen) atoms. The number of anilines is 1. The van der Waals surface area contributed by atoms with E-state index in [1.54, 1.807) is 0 Å². The Kier molecular flexibility index (Phi) is 4.76. The van der Waals surface area contributed by atoms with E-state index in [0.29, 0.717) is 10.5 Å². The average Bonchev–Trinajstić information content (AvgIpc) is 2.57. The molecule has 1 aromatic carbocycles.